The summed E-state index contributed by atoms with van der Waals surface area (Å²) in [7, 11) is 0. The zero-order valence-electron chi connectivity index (χ0n) is 15.3. The highest BCUT2D eigenvalue weighted by Gasteiger charge is 2.08. The lowest BCUT2D eigenvalue weighted by Gasteiger charge is -2.07. The van der Waals surface area contributed by atoms with Gasteiger partial charge in [-0.1, -0.05) is 66.2 Å². The molecule has 0 radical (unpaired) electrons. The smallest absolute Gasteiger partial charge is 0.216 e. The maximum absolute atomic E-state index is 6.09. The van der Waals surface area contributed by atoms with Crippen molar-refractivity contribution >= 4 is 30.0 Å². The first-order valence-electron chi connectivity index (χ1n) is 8.93. The summed E-state index contributed by atoms with van der Waals surface area (Å²) in [5.41, 5.74) is 2.82. The molecule has 0 spiro atoms. The third-order valence-electron chi connectivity index (χ3n) is 4.16. The van der Waals surface area contributed by atoms with Crippen LogP contribution in [0.25, 0.3) is 11.4 Å². The summed E-state index contributed by atoms with van der Waals surface area (Å²) in [5, 5.41) is 12.2. The summed E-state index contributed by atoms with van der Waals surface area (Å²) in [6.07, 6.45) is 1.72. The number of aromatic amines is 1. The number of aromatic nitrogens is 3. The highest BCUT2D eigenvalue weighted by molar-refractivity contribution is 7.71. The van der Waals surface area contributed by atoms with Gasteiger partial charge in [-0.2, -0.15) is 14.9 Å². The van der Waals surface area contributed by atoms with Crippen LogP contribution in [0.2, 0.25) is 5.02 Å². The molecule has 0 amide bonds. The molecule has 144 valence electrons. The molecule has 1 heterocycles. The molecule has 1 aromatic heterocycles. The molecule has 0 saturated heterocycles. The number of nitrogens with zero attached hydrogens (tertiary/aromatic N) is 3. The summed E-state index contributed by atoms with van der Waals surface area (Å²) in [5.74, 6) is 1.36. The molecule has 0 unspecified atom stereocenters. The average Bonchev–Trinajstić information content (AvgIpc) is 3.12. The van der Waals surface area contributed by atoms with Gasteiger partial charge in [-0.3, -0.25) is 0 Å². The number of hydrogen-bond acceptors (Lipinski definition) is 4. The maximum Gasteiger partial charge on any atom is 0.216 e. The third-order valence-corrected chi connectivity index (χ3v) is 4.66. The van der Waals surface area contributed by atoms with Gasteiger partial charge in [0.15, 0.2) is 5.82 Å². The topological polar surface area (TPSA) is 55.2 Å². The second-order valence-corrected chi connectivity index (χ2v) is 7.09. The van der Waals surface area contributed by atoms with Gasteiger partial charge in [0.25, 0.3) is 0 Å². The maximum atomic E-state index is 6.09. The van der Waals surface area contributed by atoms with Crippen molar-refractivity contribution in [3.05, 3.63) is 99.8 Å². The van der Waals surface area contributed by atoms with Crippen LogP contribution in [-0.4, -0.2) is 21.1 Å². The van der Waals surface area contributed by atoms with Gasteiger partial charge in [-0.05, 0) is 47.6 Å². The minimum atomic E-state index is 0.396. The Morgan fingerprint density at radius 3 is 2.69 bits per heavy atom. The summed E-state index contributed by atoms with van der Waals surface area (Å²) < 4.78 is 7.84. The van der Waals surface area contributed by atoms with Gasteiger partial charge in [0.1, 0.15) is 12.4 Å². The molecular weight excluding hydrogens is 404 g/mol. The molecule has 0 aliphatic heterocycles. The largest absolute Gasteiger partial charge is 0.489 e. The van der Waals surface area contributed by atoms with Gasteiger partial charge in [-0.25, -0.2) is 5.10 Å². The minimum Gasteiger partial charge on any atom is -0.489 e. The normalized spacial score (nSPS) is 11.1. The van der Waals surface area contributed by atoms with Crippen molar-refractivity contribution < 1.29 is 4.74 Å². The van der Waals surface area contributed by atoms with Gasteiger partial charge < -0.3 is 4.74 Å². The molecule has 0 fully saturated rings. The van der Waals surface area contributed by atoms with Crippen molar-refractivity contribution in [3.8, 4) is 17.1 Å². The lowest BCUT2D eigenvalue weighted by atomic mass is 10.2. The van der Waals surface area contributed by atoms with Gasteiger partial charge >= 0.3 is 0 Å². The SMILES string of the molecule is S=c1[nH]nc(-c2cccc(Cl)c2)n1N=Cc1cccc(OCc2ccccc2)c1. The van der Waals surface area contributed by atoms with Gasteiger partial charge in [-0.15, -0.1) is 0 Å². The van der Waals surface area contributed by atoms with Crippen LogP contribution in [-0.2, 0) is 6.61 Å². The van der Waals surface area contributed by atoms with E-state index in [1.165, 1.54) is 0 Å². The molecule has 5 nitrogen and oxygen atoms in total. The molecule has 4 rings (SSSR count). The molecule has 0 atom stereocenters. The van der Waals surface area contributed by atoms with Crippen molar-refractivity contribution in [2.24, 2.45) is 5.10 Å². The van der Waals surface area contributed by atoms with Crippen LogP contribution in [0.1, 0.15) is 11.1 Å². The number of hydrogen-bond donors (Lipinski definition) is 1. The van der Waals surface area contributed by atoms with Crippen molar-refractivity contribution in [2.45, 2.75) is 6.61 Å². The van der Waals surface area contributed by atoms with Crippen LogP contribution >= 0.6 is 23.8 Å². The Kier molecular flexibility index (Phi) is 5.84. The molecule has 0 bridgehead atoms. The van der Waals surface area contributed by atoms with E-state index in [1.807, 2.05) is 72.8 Å². The molecule has 1 N–H and O–H groups in total. The molecular formula is C22H17ClN4OS. The molecule has 0 saturated carbocycles. The first-order chi connectivity index (χ1) is 14.2. The number of halogens is 1. The Morgan fingerprint density at radius 1 is 1.03 bits per heavy atom. The number of ether oxygens (including phenoxy) is 1. The number of benzene rings is 3. The van der Waals surface area contributed by atoms with Crippen LogP contribution in [0.15, 0.2) is 84.0 Å². The standard InChI is InChI=1S/C22H17ClN4OS/c23-19-10-5-9-18(13-19)21-25-26-22(29)27(21)24-14-17-8-4-11-20(12-17)28-15-16-6-2-1-3-7-16/h1-14H,15H2,(H,26,29). The first-order valence-corrected chi connectivity index (χ1v) is 9.72. The second kappa shape index (κ2) is 8.86. The Labute approximate surface area is 178 Å². The molecule has 0 aliphatic rings. The summed E-state index contributed by atoms with van der Waals surface area (Å²) >= 11 is 11.4. The van der Waals surface area contributed by atoms with E-state index in [0.717, 1.165) is 22.4 Å². The monoisotopic (exact) mass is 420 g/mol. The van der Waals surface area contributed by atoms with E-state index >= 15 is 0 Å². The highest BCUT2D eigenvalue weighted by atomic mass is 35.5. The Balaban J connectivity index is 1.54. The van der Waals surface area contributed by atoms with Gasteiger partial charge in [0.05, 0.1) is 6.21 Å². The Bertz CT molecular complexity index is 1200. The van der Waals surface area contributed by atoms with Crippen LogP contribution in [0.3, 0.4) is 0 Å². The zero-order valence-corrected chi connectivity index (χ0v) is 16.9. The Hall–Kier alpha value is -3.22. The summed E-state index contributed by atoms with van der Waals surface area (Å²) in [4.78, 5) is 0. The van der Waals surface area contributed by atoms with E-state index in [-0.39, 0.29) is 0 Å². The summed E-state index contributed by atoms with van der Waals surface area (Å²) in [6, 6.07) is 25.1. The predicted octanol–water partition coefficient (Wildman–Crippen LogP) is 5.72. The average molecular weight is 421 g/mol. The van der Waals surface area contributed by atoms with Gasteiger partial charge in [0.2, 0.25) is 4.77 Å². The Morgan fingerprint density at radius 2 is 1.86 bits per heavy atom. The molecule has 7 heteroatoms. The molecule has 4 aromatic rings. The van der Waals surface area contributed by atoms with Crippen molar-refractivity contribution in [1.82, 2.24) is 14.9 Å². The van der Waals surface area contributed by atoms with E-state index in [0.29, 0.717) is 22.2 Å². The van der Waals surface area contributed by atoms with Crippen LogP contribution in [0.5, 0.6) is 5.75 Å². The quantitative estimate of drug-likeness (QED) is 0.320. The number of H-pyrrole nitrogens is 1. The third kappa shape index (κ3) is 4.80. The fraction of sp³-hybridized carbons (Fsp3) is 0.0455. The lowest BCUT2D eigenvalue weighted by molar-refractivity contribution is 0.306. The van der Waals surface area contributed by atoms with Crippen molar-refractivity contribution in [1.29, 1.82) is 0 Å². The van der Waals surface area contributed by atoms with Crippen LogP contribution in [0.4, 0.5) is 0 Å². The van der Waals surface area contributed by atoms with Crippen molar-refractivity contribution in [3.63, 3.8) is 0 Å². The van der Waals surface area contributed by atoms with E-state index in [4.69, 9.17) is 28.6 Å². The van der Waals surface area contributed by atoms with E-state index in [9.17, 15) is 0 Å². The zero-order chi connectivity index (χ0) is 20.1. The highest BCUT2D eigenvalue weighted by Crippen LogP contribution is 2.21. The minimum absolute atomic E-state index is 0.396. The molecule has 3 aromatic carbocycles. The second-order valence-electron chi connectivity index (χ2n) is 6.27. The first kappa shape index (κ1) is 19.1. The summed E-state index contributed by atoms with van der Waals surface area (Å²) in [6.45, 7) is 0.507. The fourth-order valence-electron chi connectivity index (χ4n) is 2.76. The molecule has 29 heavy (non-hydrogen) atoms. The van der Waals surface area contributed by atoms with E-state index < -0.39 is 0 Å². The van der Waals surface area contributed by atoms with E-state index in [1.54, 1.807) is 17.0 Å². The van der Waals surface area contributed by atoms with Crippen LogP contribution in [0, 0.1) is 4.77 Å². The lowest BCUT2D eigenvalue weighted by Crippen LogP contribution is -1.97. The molecule has 0 aliphatic carbocycles. The van der Waals surface area contributed by atoms with E-state index in [2.05, 4.69) is 15.3 Å². The number of nitrogens with one attached hydrogen (secondary N) is 1. The predicted molar refractivity (Wildman–Crippen MR) is 118 cm³/mol. The van der Waals surface area contributed by atoms with Crippen molar-refractivity contribution in [2.75, 3.05) is 0 Å². The van der Waals surface area contributed by atoms with Gasteiger partial charge in [0, 0.05) is 10.6 Å². The number of rotatable bonds is 6. The fourth-order valence-corrected chi connectivity index (χ4v) is 3.13. The van der Waals surface area contributed by atoms with Crippen LogP contribution < -0.4 is 4.74 Å².